The summed E-state index contributed by atoms with van der Waals surface area (Å²) < 4.78 is 4.66. The zero-order valence-electron chi connectivity index (χ0n) is 18.6. The Hall–Kier alpha value is -2.55. The standard InChI is InChI=1S/C23H27N3O4S.ClH/c1-16-6-5-7-18(12-16)26-21(27)15-30-20(24-26)14-25(4)13-17-8-10-19(11-9-17)31-23(2,3)22(28)29;/h5-12H,13-15H2,1-4H3,(H,28,29);1H. The average Bonchev–Trinajstić information content (AvgIpc) is 2.70. The second kappa shape index (κ2) is 10.8. The summed E-state index contributed by atoms with van der Waals surface area (Å²) in [6.07, 6.45) is 0. The molecular weight excluding hydrogens is 450 g/mol. The van der Waals surface area contributed by atoms with E-state index in [1.807, 2.05) is 67.4 Å². The molecule has 3 rings (SSSR count). The van der Waals surface area contributed by atoms with Crippen LogP contribution in [-0.4, -0.2) is 52.7 Å². The smallest absolute Gasteiger partial charge is 0.319 e. The molecule has 0 fully saturated rings. The molecule has 0 spiro atoms. The molecule has 0 aliphatic carbocycles. The number of carboxylic acids is 1. The number of nitrogens with zero attached hydrogens (tertiary/aromatic N) is 3. The SMILES string of the molecule is Cc1cccc(N2N=C(CN(C)Cc3ccc(SC(C)(C)C(=O)O)cc3)OCC2=O)c1.Cl. The third-order valence-electron chi connectivity index (χ3n) is 4.73. The van der Waals surface area contributed by atoms with Gasteiger partial charge in [0.05, 0.1) is 12.2 Å². The second-order valence-electron chi connectivity index (χ2n) is 8.06. The maximum atomic E-state index is 12.2. The van der Waals surface area contributed by atoms with Crippen LogP contribution < -0.4 is 5.01 Å². The van der Waals surface area contributed by atoms with Gasteiger partial charge in [-0.1, -0.05) is 24.3 Å². The van der Waals surface area contributed by atoms with Gasteiger partial charge < -0.3 is 9.84 Å². The van der Waals surface area contributed by atoms with E-state index in [1.54, 1.807) is 13.8 Å². The Bertz CT molecular complexity index is 995. The van der Waals surface area contributed by atoms with E-state index < -0.39 is 10.7 Å². The quantitative estimate of drug-likeness (QED) is 0.574. The minimum absolute atomic E-state index is 0. The Kier molecular flexibility index (Phi) is 8.72. The van der Waals surface area contributed by atoms with Gasteiger partial charge >= 0.3 is 5.97 Å². The number of halogens is 1. The number of aryl methyl sites for hydroxylation is 1. The van der Waals surface area contributed by atoms with Gasteiger partial charge in [-0.25, -0.2) is 0 Å². The highest BCUT2D eigenvalue weighted by Gasteiger charge is 2.28. The van der Waals surface area contributed by atoms with Gasteiger partial charge in [-0.05, 0) is 63.2 Å². The van der Waals surface area contributed by atoms with E-state index >= 15 is 0 Å². The average molecular weight is 478 g/mol. The van der Waals surface area contributed by atoms with E-state index in [9.17, 15) is 14.7 Å². The van der Waals surface area contributed by atoms with Crippen molar-refractivity contribution in [1.82, 2.24) is 4.90 Å². The molecule has 0 unspecified atom stereocenters. The van der Waals surface area contributed by atoms with Crippen molar-refractivity contribution >= 4 is 47.6 Å². The Morgan fingerprint density at radius 3 is 2.53 bits per heavy atom. The number of aliphatic carboxylic acids is 1. The minimum atomic E-state index is -0.880. The van der Waals surface area contributed by atoms with Crippen LogP contribution in [-0.2, 0) is 20.9 Å². The van der Waals surface area contributed by atoms with Crippen molar-refractivity contribution in [1.29, 1.82) is 0 Å². The van der Waals surface area contributed by atoms with Crippen molar-refractivity contribution < 1.29 is 19.4 Å². The minimum Gasteiger partial charge on any atom is -0.480 e. The summed E-state index contributed by atoms with van der Waals surface area (Å²) in [5.41, 5.74) is 2.87. The molecular formula is C23H28ClN3O4S. The molecule has 9 heteroatoms. The normalized spacial score (nSPS) is 14.0. The van der Waals surface area contributed by atoms with Gasteiger partial charge in [-0.3, -0.25) is 14.5 Å². The molecule has 1 aliphatic rings. The van der Waals surface area contributed by atoms with Gasteiger partial charge in [0.1, 0.15) is 4.75 Å². The fourth-order valence-electron chi connectivity index (χ4n) is 3.04. The number of hydrogen-bond acceptors (Lipinski definition) is 6. The highest BCUT2D eigenvalue weighted by Crippen LogP contribution is 2.32. The van der Waals surface area contributed by atoms with E-state index in [0.29, 0.717) is 19.0 Å². The molecule has 1 N–H and O–H groups in total. The fraction of sp³-hybridized carbons (Fsp3) is 0.348. The summed E-state index contributed by atoms with van der Waals surface area (Å²) in [7, 11) is 1.95. The zero-order chi connectivity index (χ0) is 22.6. The van der Waals surface area contributed by atoms with Gasteiger partial charge in [0, 0.05) is 11.4 Å². The summed E-state index contributed by atoms with van der Waals surface area (Å²) in [5, 5.41) is 15.1. The Balaban J connectivity index is 0.00000363. The topological polar surface area (TPSA) is 82.4 Å². The number of likely N-dealkylation sites (N-methyl/N-ethyl adjacent to an activating group) is 1. The van der Waals surface area contributed by atoms with Crippen molar-refractivity contribution in [2.24, 2.45) is 5.10 Å². The Morgan fingerprint density at radius 1 is 1.22 bits per heavy atom. The van der Waals surface area contributed by atoms with Crippen molar-refractivity contribution in [3.8, 4) is 0 Å². The summed E-state index contributed by atoms with van der Waals surface area (Å²) in [4.78, 5) is 26.5. The summed E-state index contributed by atoms with van der Waals surface area (Å²) in [6.45, 7) is 6.44. The van der Waals surface area contributed by atoms with Crippen LogP contribution in [0.3, 0.4) is 0 Å². The van der Waals surface area contributed by atoms with Gasteiger partial charge in [-0.2, -0.15) is 5.01 Å². The monoisotopic (exact) mass is 477 g/mol. The van der Waals surface area contributed by atoms with Crippen LogP contribution in [0.25, 0.3) is 0 Å². The van der Waals surface area contributed by atoms with Crippen molar-refractivity contribution in [2.45, 2.75) is 37.0 Å². The van der Waals surface area contributed by atoms with Crippen molar-refractivity contribution in [3.63, 3.8) is 0 Å². The lowest BCUT2D eigenvalue weighted by Crippen LogP contribution is -2.40. The van der Waals surface area contributed by atoms with Crippen LogP contribution in [0.4, 0.5) is 5.69 Å². The lowest BCUT2D eigenvalue weighted by atomic mass is 10.2. The molecule has 2 aromatic rings. The number of carbonyl (C=O) groups is 2. The second-order valence-corrected chi connectivity index (χ2v) is 9.76. The number of hydrazone groups is 1. The molecule has 0 aromatic heterocycles. The third kappa shape index (κ3) is 6.72. The first-order valence-corrected chi connectivity index (χ1v) is 10.8. The lowest BCUT2D eigenvalue weighted by Gasteiger charge is -2.26. The van der Waals surface area contributed by atoms with Crippen LogP contribution in [0.2, 0.25) is 0 Å². The van der Waals surface area contributed by atoms with Gasteiger partial charge in [0.15, 0.2) is 6.61 Å². The van der Waals surface area contributed by atoms with Gasteiger partial charge in [-0.15, -0.1) is 29.3 Å². The first kappa shape index (κ1) is 25.7. The van der Waals surface area contributed by atoms with Crippen LogP contribution in [0.15, 0.2) is 58.5 Å². The number of carboxylic acid groups (broad SMARTS) is 1. The predicted molar refractivity (Wildman–Crippen MR) is 130 cm³/mol. The maximum absolute atomic E-state index is 12.2. The van der Waals surface area contributed by atoms with Crippen molar-refractivity contribution in [3.05, 3.63) is 59.7 Å². The highest BCUT2D eigenvalue weighted by atomic mass is 35.5. The third-order valence-corrected chi connectivity index (χ3v) is 5.92. The van der Waals surface area contributed by atoms with E-state index in [2.05, 4.69) is 5.10 Å². The molecule has 1 aliphatic heterocycles. The van der Waals surface area contributed by atoms with Crippen LogP contribution in [0.5, 0.6) is 0 Å². The predicted octanol–water partition coefficient (Wildman–Crippen LogP) is 4.18. The molecule has 1 amide bonds. The van der Waals surface area contributed by atoms with E-state index in [0.717, 1.165) is 21.7 Å². The number of rotatable bonds is 8. The number of hydrogen-bond donors (Lipinski definition) is 1. The van der Waals surface area contributed by atoms with E-state index in [1.165, 1.54) is 16.8 Å². The first-order chi connectivity index (χ1) is 14.6. The molecule has 0 radical (unpaired) electrons. The molecule has 0 bridgehead atoms. The maximum Gasteiger partial charge on any atom is 0.319 e. The summed E-state index contributed by atoms with van der Waals surface area (Å²) in [6, 6.07) is 15.5. The zero-order valence-corrected chi connectivity index (χ0v) is 20.2. The first-order valence-electron chi connectivity index (χ1n) is 9.94. The van der Waals surface area contributed by atoms with E-state index in [-0.39, 0.29) is 24.9 Å². The molecule has 0 saturated carbocycles. The number of ether oxygens (including phenoxy) is 1. The van der Waals surface area contributed by atoms with Crippen LogP contribution in [0.1, 0.15) is 25.0 Å². The van der Waals surface area contributed by atoms with Gasteiger partial charge in [0.25, 0.3) is 5.91 Å². The molecule has 172 valence electrons. The summed E-state index contributed by atoms with van der Waals surface area (Å²) >= 11 is 1.32. The molecule has 0 atom stereocenters. The molecule has 0 saturated heterocycles. The number of carbonyl (C=O) groups excluding carboxylic acids is 1. The number of anilines is 1. The number of amides is 1. The summed E-state index contributed by atoms with van der Waals surface area (Å²) in [5.74, 6) is -0.555. The number of benzene rings is 2. The molecule has 32 heavy (non-hydrogen) atoms. The van der Waals surface area contributed by atoms with Gasteiger partial charge in [0.2, 0.25) is 5.90 Å². The Labute approximate surface area is 198 Å². The van der Waals surface area contributed by atoms with Crippen LogP contribution in [0, 0.1) is 6.92 Å². The molecule has 1 heterocycles. The van der Waals surface area contributed by atoms with Crippen LogP contribution >= 0.6 is 24.2 Å². The largest absolute Gasteiger partial charge is 0.480 e. The Morgan fingerprint density at radius 2 is 1.91 bits per heavy atom. The highest BCUT2D eigenvalue weighted by molar-refractivity contribution is 8.01. The molecule has 2 aromatic carbocycles. The lowest BCUT2D eigenvalue weighted by molar-refractivity contribution is -0.138. The fourth-order valence-corrected chi connectivity index (χ4v) is 3.99. The van der Waals surface area contributed by atoms with Crippen molar-refractivity contribution in [2.75, 3.05) is 25.2 Å². The molecule has 7 nitrogen and oxygen atoms in total. The number of thioether (sulfide) groups is 1. The van der Waals surface area contributed by atoms with E-state index in [4.69, 9.17) is 4.74 Å².